The molecule has 4 rings (SSSR count). The molecule has 4 aromatic rings. The predicted octanol–water partition coefficient (Wildman–Crippen LogP) is 4.62. The van der Waals surface area contributed by atoms with Gasteiger partial charge in [0.2, 0.25) is 11.8 Å². The number of anilines is 3. The summed E-state index contributed by atoms with van der Waals surface area (Å²) >= 11 is 0. The van der Waals surface area contributed by atoms with Gasteiger partial charge in [-0.15, -0.1) is 0 Å². The van der Waals surface area contributed by atoms with E-state index in [4.69, 9.17) is 0 Å². The Hall–Kier alpha value is -5.51. The van der Waals surface area contributed by atoms with E-state index in [0.29, 0.717) is 22.6 Å². The molecule has 0 unspecified atom stereocenters. The zero-order valence-corrected chi connectivity index (χ0v) is 22.3. The summed E-state index contributed by atoms with van der Waals surface area (Å²) in [5, 5.41) is 17.4. The van der Waals surface area contributed by atoms with Gasteiger partial charge in [0.1, 0.15) is 0 Å². The molecule has 1 heterocycles. The number of para-hydroxylation sites is 1. The van der Waals surface area contributed by atoms with E-state index >= 15 is 0 Å². The van der Waals surface area contributed by atoms with E-state index in [9.17, 15) is 24.3 Å². The number of carbonyl (C=O) groups excluding carboxylic acids is 3. The van der Waals surface area contributed by atoms with Crippen molar-refractivity contribution < 1.29 is 24.3 Å². The van der Waals surface area contributed by atoms with Gasteiger partial charge in [0.15, 0.2) is 0 Å². The first-order chi connectivity index (χ1) is 19.8. The van der Waals surface area contributed by atoms with Gasteiger partial charge in [-0.25, -0.2) is 9.59 Å². The predicted molar refractivity (Wildman–Crippen MR) is 156 cm³/mol. The van der Waals surface area contributed by atoms with Crippen LogP contribution >= 0.6 is 0 Å². The van der Waals surface area contributed by atoms with Crippen LogP contribution in [0.25, 0.3) is 0 Å². The maximum atomic E-state index is 13.2. The smallest absolute Gasteiger partial charge is 0.335 e. The van der Waals surface area contributed by atoms with Gasteiger partial charge in [0, 0.05) is 29.5 Å². The number of aryl methyl sites for hydroxylation is 1. The summed E-state index contributed by atoms with van der Waals surface area (Å²) in [5.41, 5.74) is 4.29. The zero-order valence-electron chi connectivity index (χ0n) is 22.3. The minimum Gasteiger partial charge on any atom is -0.478 e. The standard InChI is InChI=1S/C31H29N5O5/c1-21-5-2-3-7-27(21)35-31(41)34-25-12-8-22(9-13-25)17-28(37)33-19-29(38)36(20-23-6-4-16-32-18-23)26-14-10-24(11-15-26)30(39)40/h2-16,18H,17,19-20H2,1H3,(H,33,37)(H,39,40)(H2,34,35,41). The highest BCUT2D eigenvalue weighted by atomic mass is 16.4. The quantitative estimate of drug-likeness (QED) is 0.227. The minimum absolute atomic E-state index is 0.0406. The van der Waals surface area contributed by atoms with Crippen LogP contribution in [-0.4, -0.2) is 40.5 Å². The number of carbonyl (C=O) groups is 4. The second kappa shape index (κ2) is 13.5. The number of rotatable bonds is 10. The van der Waals surface area contributed by atoms with Gasteiger partial charge >= 0.3 is 12.0 Å². The number of hydrogen-bond acceptors (Lipinski definition) is 5. The van der Waals surface area contributed by atoms with Gasteiger partial charge in [-0.3, -0.25) is 14.6 Å². The third-order valence-corrected chi connectivity index (χ3v) is 6.20. The van der Waals surface area contributed by atoms with E-state index in [1.54, 1.807) is 54.9 Å². The van der Waals surface area contributed by atoms with Crippen LogP contribution in [0.1, 0.15) is 27.0 Å². The minimum atomic E-state index is -1.07. The summed E-state index contributed by atoms with van der Waals surface area (Å²) in [6.45, 7) is 1.85. The largest absolute Gasteiger partial charge is 0.478 e. The van der Waals surface area contributed by atoms with Crippen molar-refractivity contribution in [3.63, 3.8) is 0 Å². The third kappa shape index (κ3) is 8.24. The summed E-state index contributed by atoms with van der Waals surface area (Å²) in [4.78, 5) is 54.8. The van der Waals surface area contributed by atoms with Crippen LogP contribution in [0.15, 0.2) is 97.3 Å². The van der Waals surface area contributed by atoms with Crippen molar-refractivity contribution in [3.8, 4) is 0 Å². The molecule has 208 valence electrons. The Kier molecular flexibility index (Phi) is 9.40. The lowest BCUT2D eigenvalue weighted by Gasteiger charge is -2.23. The Morgan fingerprint density at radius 2 is 1.56 bits per heavy atom. The number of urea groups is 1. The van der Waals surface area contributed by atoms with Gasteiger partial charge in [0.05, 0.1) is 25.1 Å². The van der Waals surface area contributed by atoms with Gasteiger partial charge in [0.25, 0.3) is 0 Å². The SMILES string of the molecule is Cc1ccccc1NC(=O)Nc1ccc(CC(=O)NCC(=O)N(Cc2cccnc2)c2ccc(C(=O)O)cc2)cc1. The molecule has 4 N–H and O–H groups in total. The fraction of sp³-hybridized carbons (Fsp3) is 0.129. The maximum absolute atomic E-state index is 13.2. The molecule has 0 aliphatic heterocycles. The highest BCUT2D eigenvalue weighted by Gasteiger charge is 2.18. The van der Waals surface area contributed by atoms with E-state index in [1.807, 2.05) is 37.3 Å². The molecule has 4 amide bonds. The van der Waals surface area contributed by atoms with Crippen molar-refractivity contribution in [2.75, 3.05) is 22.1 Å². The second-order valence-electron chi connectivity index (χ2n) is 9.24. The number of carboxylic acid groups (broad SMARTS) is 1. The lowest BCUT2D eigenvalue weighted by molar-refractivity contribution is -0.124. The number of aromatic carboxylic acids is 1. The first-order valence-electron chi connectivity index (χ1n) is 12.8. The van der Waals surface area contributed by atoms with Crippen molar-refractivity contribution in [1.29, 1.82) is 0 Å². The molecule has 3 aromatic carbocycles. The second-order valence-corrected chi connectivity index (χ2v) is 9.24. The molecule has 0 radical (unpaired) electrons. The molecule has 0 atom stereocenters. The molecule has 0 fully saturated rings. The Morgan fingerprint density at radius 3 is 2.22 bits per heavy atom. The molecule has 0 saturated carbocycles. The number of hydrogen-bond donors (Lipinski definition) is 4. The number of nitrogens with one attached hydrogen (secondary N) is 3. The van der Waals surface area contributed by atoms with Gasteiger partial charge in [-0.2, -0.15) is 0 Å². The van der Waals surface area contributed by atoms with Crippen LogP contribution < -0.4 is 20.9 Å². The summed E-state index contributed by atoms with van der Waals surface area (Å²) in [5.74, 6) is -1.79. The number of nitrogens with zero attached hydrogens (tertiary/aromatic N) is 2. The van der Waals surface area contributed by atoms with Crippen molar-refractivity contribution in [2.45, 2.75) is 19.9 Å². The number of amides is 4. The molecular formula is C31H29N5O5. The Balaban J connectivity index is 1.32. The van der Waals surface area contributed by atoms with Crippen LogP contribution in [0.3, 0.4) is 0 Å². The maximum Gasteiger partial charge on any atom is 0.335 e. The molecule has 1 aromatic heterocycles. The highest BCUT2D eigenvalue weighted by Crippen LogP contribution is 2.19. The van der Waals surface area contributed by atoms with Crippen LogP contribution in [0, 0.1) is 6.92 Å². The average molecular weight is 552 g/mol. The van der Waals surface area contributed by atoms with E-state index in [1.165, 1.54) is 17.0 Å². The molecule has 10 heteroatoms. The molecule has 0 aliphatic carbocycles. The summed E-state index contributed by atoms with van der Waals surface area (Å²) in [7, 11) is 0. The fourth-order valence-electron chi connectivity index (χ4n) is 4.00. The van der Waals surface area contributed by atoms with Gasteiger partial charge < -0.3 is 26.0 Å². The highest BCUT2D eigenvalue weighted by molar-refractivity contribution is 6.00. The Bertz CT molecular complexity index is 1520. The topological polar surface area (TPSA) is 141 Å². The van der Waals surface area contributed by atoms with Crippen LogP contribution in [0.5, 0.6) is 0 Å². The first-order valence-corrected chi connectivity index (χ1v) is 12.8. The van der Waals surface area contributed by atoms with E-state index < -0.39 is 5.97 Å². The molecule has 0 bridgehead atoms. The average Bonchev–Trinajstić information content (AvgIpc) is 2.97. The fourth-order valence-corrected chi connectivity index (χ4v) is 4.00. The molecule has 10 nitrogen and oxygen atoms in total. The van der Waals surface area contributed by atoms with Crippen molar-refractivity contribution in [2.24, 2.45) is 0 Å². The molecular weight excluding hydrogens is 522 g/mol. The summed E-state index contributed by atoms with van der Waals surface area (Å²) in [6, 6.07) is 23.4. The molecule has 41 heavy (non-hydrogen) atoms. The third-order valence-electron chi connectivity index (χ3n) is 6.20. The van der Waals surface area contributed by atoms with E-state index in [0.717, 1.165) is 11.1 Å². The molecule has 0 saturated heterocycles. The first kappa shape index (κ1) is 28.5. The summed E-state index contributed by atoms with van der Waals surface area (Å²) in [6.07, 6.45) is 3.30. The monoisotopic (exact) mass is 551 g/mol. The molecule has 0 spiro atoms. The van der Waals surface area contributed by atoms with E-state index in [2.05, 4.69) is 20.9 Å². The van der Waals surface area contributed by atoms with Crippen LogP contribution in [0.4, 0.5) is 21.9 Å². The van der Waals surface area contributed by atoms with Crippen LogP contribution in [-0.2, 0) is 22.6 Å². The van der Waals surface area contributed by atoms with E-state index in [-0.39, 0.29) is 42.9 Å². The lowest BCUT2D eigenvalue weighted by atomic mass is 10.1. The van der Waals surface area contributed by atoms with Gasteiger partial charge in [-0.1, -0.05) is 36.4 Å². The Morgan fingerprint density at radius 1 is 0.829 bits per heavy atom. The van der Waals surface area contributed by atoms with Crippen molar-refractivity contribution in [1.82, 2.24) is 10.3 Å². The lowest BCUT2D eigenvalue weighted by Crippen LogP contribution is -2.40. The Labute approximate surface area is 237 Å². The molecule has 0 aliphatic rings. The normalized spacial score (nSPS) is 10.4. The van der Waals surface area contributed by atoms with Gasteiger partial charge in [-0.05, 0) is 72.1 Å². The van der Waals surface area contributed by atoms with Crippen molar-refractivity contribution >= 4 is 40.9 Å². The van der Waals surface area contributed by atoms with Crippen molar-refractivity contribution in [3.05, 3.63) is 120 Å². The number of carboxylic acids is 1. The summed E-state index contributed by atoms with van der Waals surface area (Å²) < 4.78 is 0. The number of pyridine rings is 1. The zero-order chi connectivity index (χ0) is 29.2. The van der Waals surface area contributed by atoms with Crippen LogP contribution in [0.2, 0.25) is 0 Å². The number of aromatic nitrogens is 1. The number of benzene rings is 3.